The number of aromatic nitrogens is 2. The zero-order valence-corrected chi connectivity index (χ0v) is 13.0. The quantitative estimate of drug-likeness (QED) is 0.795. The number of rotatable bonds is 7. The minimum Gasteiger partial charge on any atom is -0.489 e. The normalized spacial score (nSPS) is 10.6. The first-order valence-electron chi connectivity index (χ1n) is 7.15. The van der Waals surface area contributed by atoms with Crippen LogP contribution in [0.25, 0.3) is 0 Å². The number of para-hydroxylation sites is 1. The van der Waals surface area contributed by atoms with Crippen molar-refractivity contribution in [1.82, 2.24) is 15.1 Å². The van der Waals surface area contributed by atoms with Gasteiger partial charge < -0.3 is 10.1 Å². The average Bonchev–Trinajstić information content (AvgIpc) is 2.72. The fraction of sp³-hybridized carbons (Fsp3) is 0.353. The summed E-state index contributed by atoms with van der Waals surface area (Å²) in [4.78, 5) is 0. The largest absolute Gasteiger partial charge is 0.489 e. The Morgan fingerprint density at radius 2 is 2.05 bits per heavy atom. The molecule has 0 fully saturated rings. The molecule has 2 rings (SSSR count). The Morgan fingerprint density at radius 1 is 1.29 bits per heavy atom. The lowest BCUT2D eigenvalue weighted by Crippen LogP contribution is -2.14. The summed E-state index contributed by atoms with van der Waals surface area (Å²) in [6.07, 6.45) is 1.76. The smallest absolute Gasteiger partial charge is 0.124 e. The van der Waals surface area contributed by atoms with Crippen LogP contribution in [0.1, 0.15) is 22.5 Å². The molecule has 1 N–H and O–H groups in total. The van der Waals surface area contributed by atoms with Gasteiger partial charge in [-0.15, -0.1) is 0 Å². The first kappa shape index (κ1) is 15.3. The van der Waals surface area contributed by atoms with Crippen LogP contribution in [0.5, 0.6) is 5.75 Å². The number of benzene rings is 1. The van der Waals surface area contributed by atoms with E-state index in [2.05, 4.69) is 30.0 Å². The van der Waals surface area contributed by atoms with E-state index in [9.17, 15) is 0 Å². The van der Waals surface area contributed by atoms with E-state index in [0.29, 0.717) is 6.61 Å². The summed E-state index contributed by atoms with van der Waals surface area (Å²) in [6, 6.07) is 8.07. The second-order valence-electron chi connectivity index (χ2n) is 5.08. The van der Waals surface area contributed by atoms with Gasteiger partial charge in [0.05, 0.1) is 5.69 Å². The van der Waals surface area contributed by atoms with Crippen LogP contribution in [0, 0.1) is 13.8 Å². The molecule has 0 radical (unpaired) electrons. The Morgan fingerprint density at radius 3 is 2.71 bits per heavy atom. The highest BCUT2D eigenvalue weighted by atomic mass is 16.5. The Labute approximate surface area is 126 Å². The molecule has 21 heavy (non-hydrogen) atoms. The Balaban J connectivity index is 1.98. The lowest BCUT2D eigenvalue weighted by molar-refractivity contribution is 0.358. The molecule has 0 aliphatic heterocycles. The first-order valence-corrected chi connectivity index (χ1v) is 7.15. The highest BCUT2D eigenvalue weighted by Crippen LogP contribution is 2.18. The summed E-state index contributed by atoms with van der Waals surface area (Å²) in [5.41, 5.74) is 4.70. The number of nitrogens with zero attached hydrogens (tertiary/aromatic N) is 2. The van der Waals surface area contributed by atoms with Crippen molar-refractivity contribution in [1.29, 1.82) is 0 Å². The minimum atomic E-state index is 0.526. The van der Waals surface area contributed by atoms with Crippen LogP contribution < -0.4 is 10.1 Å². The maximum Gasteiger partial charge on any atom is 0.124 e. The zero-order valence-electron chi connectivity index (χ0n) is 13.0. The van der Waals surface area contributed by atoms with Crippen LogP contribution in [0.4, 0.5) is 0 Å². The average molecular weight is 285 g/mol. The van der Waals surface area contributed by atoms with E-state index in [1.165, 1.54) is 11.3 Å². The highest BCUT2D eigenvalue weighted by molar-refractivity contribution is 5.33. The molecule has 0 aliphatic rings. The van der Waals surface area contributed by atoms with E-state index < -0.39 is 0 Å². The summed E-state index contributed by atoms with van der Waals surface area (Å²) >= 11 is 0. The Hall–Kier alpha value is -2.07. The first-order chi connectivity index (χ1) is 10.1. The molecule has 2 aromatic rings. The van der Waals surface area contributed by atoms with Gasteiger partial charge >= 0.3 is 0 Å². The predicted octanol–water partition coefficient (Wildman–Crippen LogP) is 2.89. The fourth-order valence-electron chi connectivity index (χ4n) is 2.33. The zero-order chi connectivity index (χ0) is 15.2. The molecule has 0 saturated heterocycles. The van der Waals surface area contributed by atoms with Crippen molar-refractivity contribution >= 4 is 0 Å². The maximum atomic E-state index is 5.67. The van der Waals surface area contributed by atoms with Crippen LogP contribution in [-0.2, 0) is 20.1 Å². The second kappa shape index (κ2) is 7.09. The monoisotopic (exact) mass is 285 g/mol. The van der Waals surface area contributed by atoms with Gasteiger partial charge in [-0.3, -0.25) is 4.68 Å². The van der Waals surface area contributed by atoms with Gasteiger partial charge in [0.1, 0.15) is 12.4 Å². The van der Waals surface area contributed by atoms with Crippen molar-refractivity contribution in [2.75, 3.05) is 6.61 Å². The molecule has 4 nitrogen and oxygen atoms in total. The molecule has 0 atom stereocenters. The second-order valence-corrected chi connectivity index (χ2v) is 5.08. The lowest BCUT2D eigenvalue weighted by atomic mass is 10.1. The van der Waals surface area contributed by atoms with Crippen LogP contribution in [0.3, 0.4) is 0 Å². The number of aryl methyl sites for hydroxylation is 2. The number of ether oxygens (including phenoxy) is 1. The lowest BCUT2D eigenvalue weighted by Gasteiger charge is -2.11. The molecule has 4 heteroatoms. The third kappa shape index (κ3) is 3.73. The van der Waals surface area contributed by atoms with E-state index in [1.807, 2.05) is 36.9 Å². The van der Waals surface area contributed by atoms with Gasteiger partial charge in [-0.05, 0) is 19.9 Å². The molecule has 0 amide bonds. The number of hydrogen-bond acceptors (Lipinski definition) is 3. The molecular formula is C17H23N3O. The third-order valence-corrected chi connectivity index (χ3v) is 3.61. The number of nitrogens with one attached hydrogen (secondary N) is 1. The topological polar surface area (TPSA) is 39.1 Å². The van der Waals surface area contributed by atoms with Gasteiger partial charge in [-0.1, -0.05) is 30.9 Å². The van der Waals surface area contributed by atoms with Gasteiger partial charge in [-0.25, -0.2) is 0 Å². The standard InChI is InChI=1S/C17H23N3O/c1-5-10-21-17-9-7-6-8-15(17)11-18-12-16-13(2)19-20(4)14(16)3/h5-9,18H,1,10-12H2,2-4H3. The summed E-state index contributed by atoms with van der Waals surface area (Å²) < 4.78 is 7.59. The summed E-state index contributed by atoms with van der Waals surface area (Å²) in [5.74, 6) is 0.907. The van der Waals surface area contributed by atoms with E-state index in [0.717, 1.165) is 30.1 Å². The van der Waals surface area contributed by atoms with Crippen molar-refractivity contribution in [2.24, 2.45) is 7.05 Å². The van der Waals surface area contributed by atoms with Crippen LogP contribution in [0.2, 0.25) is 0 Å². The molecular weight excluding hydrogens is 262 g/mol. The van der Waals surface area contributed by atoms with E-state index in [4.69, 9.17) is 4.74 Å². The summed E-state index contributed by atoms with van der Waals surface area (Å²) in [7, 11) is 1.98. The van der Waals surface area contributed by atoms with Gasteiger partial charge in [0, 0.05) is 37.0 Å². The van der Waals surface area contributed by atoms with Crippen LogP contribution in [-0.4, -0.2) is 16.4 Å². The molecule has 0 aliphatic carbocycles. The van der Waals surface area contributed by atoms with Crippen LogP contribution >= 0.6 is 0 Å². The molecule has 112 valence electrons. The third-order valence-electron chi connectivity index (χ3n) is 3.61. The maximum absolute atomic E-state index is 5.67. The van der Waals surface area contributed by atoms with E-state index in [-0.39, 0.29) is 0 Å². The van der Waals surface area contributed by atoms with Crippen molar-refractivity contribution in [3.63, 3.8) is 0 Å². The molecule has 0 unspecified atom stereocenters. The van der Waals surface area contributed by atoms with Crippen LogP contribution in [0.15, 0.2) is 36.9 Å². The van der Waals surface area contributed by atoms with Crippen molar-refractivity contribution in [2.45, 2.75) is 26.9 Å². The molecule has 1 heterocycles. The van der Waals surface area contributed by atoms with E-state index >= 15 is 0 Å². The molecule has 0 bridgehead atoms. The summed E-state index contributed by atoms with van der Waals surface area (Å²) in [6.45, 7) is 9.92. The minimum absolute atomic E-state index is 0.526. The molecule has 0 spiro atoms. The van der Waals surface area contributed by atoms with E-state index in [1.54, 1.807) is 6.08 Å². The summed E-state index contributed by atoms with van der Waals surface area (Å²) in [5, 5.41) is 7.91. The van der Waals surface area contributed by atoms with Crippen molar-refractivity contribution < 1.29 is 4.74 Å². The predicted molar refractivity (Wildman–Crippen MR) is 85.4 cm³/mol. The highest BCUT2D eigenvalue weighted by Gasteiger charge is 2.09. The fourth-order valence-corrected chi connectivity index (χ4v) is 2.33. The van der Waals surface area contributed by atoms with Crippen molar-refractivity contribution in [3.8, 4) is 5.75 Å². The Bertz CT molecular complexity index is 616. The van der Waals surface area contributed by atoms with Gasteiger partial charge in [-0.2, -0.15) is 5.10 Å². The van der Waals surface area contributed by atoms with Gasteiger partial charge in [0.25, 0.3) is 0 Å². The van der Waals surface area contributed by atoms with Gasteiger partial charge in [0.15, 0.2) is 0 Å². The number of hydrogen-bond donors (Lipinski definition) is 1. The Kier molecular flexibility index (Phi) is 5.17. The molecule has 0 saturated carbocycles. The molecule has 1 aromatic carbocycles. The van der Waals surface area contributed by atoms with Gasteiger partial charge in [0.2, 0.25) is 0 Å². The SMILES string of the molecule is C=CCOc1ccccc1CNCc1c(C)nn(C)c1C. The molecule has 1 aromatic heterocycles. The van der Waals surface area contributed by atoms with Crippen molar-refractivity contribution in [3.05, 3.63) is 59.4 Å².